The Hall–Kier alpha value is -1.14. The predicted octanol–water partition coefficient (Wildman–Crippen LogP) is -0.350. The number of piperidine rings is 1. The van der Waals surface area contributed by atoms with Crippen LogP contribution < -0.4 is 10.6 Å². The third-order valence-corrected chi connectivity index (χ3v) is 5.64. The SMILES string of the molecule is CC1C(=O)NCC12CCN([C@@H]1CN[C@H](C(=O)O)C1)CC2. The number of amides is 1. The molecule has 0 radical (unpaired) electrons. The van der Waals surface area contributed by atoms with Crippen molar-refractivity contribution in [2.75, 3.05) is 26.2 Å². The topological polar surface area (TPSA) is 81.7 Å². The molecule has 3 aliphatic heterocycles. The molecule has 0 aromatic rings. The monoisotopic (exact) mass is 281 g/mol. The predicted molar refractivity (Wildman–Crippen MR) is 73.2 cm³/mol. The van der Waals surface area contributed by atoms with E-state index in [1.54, 1.807) is 0 Å². The van der Waals surface area contributed by atoms with Gasteiger partial charge >= 0.3 is 5.97 Å². The molecule has 1 spiro atoms. The lowest BCUT2D eigenvalue weighted by Crippen LogP contribution is -2.48. The molecule has 1 unspecified atom stereocenters. The molecular formula is C14H23N3O3. The number of likely N-dealkylation sites (tertiary alicyclic amines) is 1. The van der Waals surface area contributed by atoms with Crippen LogP contribution in [0.3, 0.4) is 0 Å². The molecule has 0 aliphatic carbocycles. The standard InChI is InChI=1S/C14H23N3O3/c1-9-12(18)16-8-14(9)2-4-17(5-3-14)10-6-11(13(19)20)15-7-10/h9-11,15H,2-8H2,1H3,(H,16,18)(H,19,20)/t9?,10-,11-/m0/s1. The van der Waals surface area contributed by atoms with Gasteiger partial charge in [-0.25, -0.2) is 0 Å². The summed E-state index contributed by atoms with van der Waals surface area (Å²) in [6.07, 6.45) is 2.75. The van der Waals surface area contributed by atoms with Crippen molar-refractivity contribution >= 4 is 11.9 Å². The van der Waals surface area contributed by atoms with Crippen LogP contribution >= 0.6 is 0 Å². The van der Waals surface area contributed by atoms with Gasteiger partial charge in [-0.2, -0.15) is 0 Å². The van der Waals surface area contributed by atoms with E-state index in [4.69, 9.17) is 5.11 Å². The highest BCUT2D eigenvalue weighted by Crippen LogP contribution is 2.42. The van der Waals surface area contributed by atoms with Gasteiger partial charge in [0, 0.05) is 30.5 Å². The molecule has 112 valence electrons. The highest BCUT2D eigenvalue weighted by Gasteiger charge is 2.48. The molecule has 0 aromatic heterocycles. The number of carboxylic acids is 1. The average molecular weight is 281 g/mol. The molecule has 3 fully saturated rings. The zero-order valence-corrected chi connectivity index (χ0v) is 11.9. The summed E-state index contributed by atoms with van der Waals surface area (Å²) in [6, 6.07) is -0.0710. The summed E-state index contributed by atoms with van der Waals surface area (Å²) < 4.78 is 0. The van der Waals surface area contributed by atoms with Crippen molar-refractivity contribution < 1.29 is 14.7 Å². The number of rotatable bonds is 2. The van der Waals surface area contributed by atoms with Crippen LogP contribution in [0.4, 0.5) is 0 Å². The van der Waals surface area contributed by atoms with Gasteiger partial charge in [0.1, 0.15) is 6.04 Å². The van der Waals surface area contributed by atoms with Gasteiger partial charge in [-0.05, 0) is 32.4 Å². The summed E-state index contributed by atoms with van der Waals surface area (Å²) in [5.74, 6) is -0.453. The van der Waals surface area contributed by atoms with Gasteiger partial charge in [-0.15, -0.1) is 0 Å². The summed E-state index contributed by atoms with van der Waals surface area (Å²) >= 11 is 0. The smallest absolute Gasteiger partial charge is 0.320 e. The molecule has 3 heterocycles. The Balaban J connectivity index is 1.57. The van der Waals surface area contributed by atoms with E-state index in [2.05, 4.69) is 15.5 Å². The molecule has 6 nitrogen and oxygen atoms in total. The summed E-state index contributed by atoms with van der Waals surface area (Å²) in [5, 5.41) is 15.1. The summed E-state index contributed by atoms with van der Waals surface area (Å²) in [4.78, 5) is 25.1. The van der Waals surface area contributed by atoms with Crippen molar-refractivity contribution in [2.45, 2.75) is 38.3 Å². The molecule has 0 saturated carbocycles. The van der Waals surface area contributed by atoms with Gasteiger partial charge in [0.15, 0.2) is 0 Å². The molecule has 3 aliphatic rings. The maximum atomic E-state index is 11.7. The fourth-order valence-corrected chi connectivity index (χ4v) is 3.98. The number of nitrogens with one attached hydrogen (secondary N) is 2. The Morgan fingerprint density at radius 2 is 2.10 bits per heavy atom. The molecule has 3 N–H and O–H groups in total. The van der Waals surface area contributed by atoms with Gasteiger partial charge in [-0.1, -0.05) is 6.92 Å². The van der Waals surface area contributed by atoms with Crippen molar-refractivity contribution in [1.29, 1.82) is 0 Å². The van der Waals surface area contributed by atoms with Crippen LogP contribution in [-0.2, 0) is 9.59 Å². The molecule has 3 atom stereocenters. The van der Waals surface area contributed by atoms with E-state index < -0.39 is 12.0 Å². The van der Waals surface area contributed by atoms with Gasteiger partial charge < -0.3 is 15.7 Å². The fraction of sp³-hybridized carbons (Fsp3) is 0.857. The molecule has 20 heavy (non-hydrogen) atoms. The Bertz CT molecular complexity index is 418. The Morgan fingerprint density at radius 1 is 1.40 bits per heavy atom. The maximum Gasteiger partial charge on any atom is 0.320 e. The van der Waals surface area contributed by atoms with Crippen molar-refractivity contribution in [3.05, 3.63) is 0 Å². The lowest BCUT2D eigenvalue weighted by molar-refractivity contribution is -0.139. The van der Waals surface area contributed by atoms with Crippen LogP contribution in [0.15, 0.2) is 0 Å². The highest BCUT2D eigenvalue weighted by atomic mass is 16.4. The van der Waals surface area contributed by atoms with Crippen molar-refractivity contribution in [3.63, 3.8) is 0 Å². The van der Waals surface area contributed by atoms with E-state index in [1.165, 1.54) is 0 Å². The Labute approximate surface area is 118 Å². The minimum atomic E-state index is -0.750. The lowest BCUT2D eigenvalue weighted by atomic mass is 9.71. The van der Waals surface area contributed by atoms with Gasteiger partial charge in [-0.3, -0.25) is 14.5 Å². The number of hydrogen-bond donors (Lipinski definition) is 3. The highest BCUT2D eigenvalue weighted by molar-refractivity contribution is 5.81. The van der Waals surface area contributed by atoms with Crippen molar-refractivity contribution in [1.82, 2.24) is 15.5 Å². The first-order valence-corrected chi connectivity index (χ1v) is 7.50. The summed E-state index contributed by atoms with van der Waals surface area (Å²) in [6.45, 7) is 5.55. The fourth-order valence-electron chi connectivity index (χ4n) is 3.98. The normalized spacial score (nSPS) is 37.2. The second kappa shape index (κ2) is 5.00. The van der Waals surface area contributed by atoms with Crippen LogP contribution in [0.5, 0.6) is 0 Å². The van der Waals surface area contributed by atoms with Crippen molar-refractivity contribution in [2.24, 2.45) is 11.3 Å². The molecular weight excluding hydrogens is 258 g/mol. The van der Waals surface area contributed by atoms with Crippen LogP contribution in [-0.4, -0.2) is 60.1 Å². The summed E-state index contributed by atoms with van der Waals surface area (Å²) in [5.41, 5.74) is 0.131. The van der Waals surface area contributed by atoms with E-state index in [0.29, 0.717) is 12.5 Å². The van der Waals surface area contributed by atoms with E-state index >= 15 is 0 Å². The first-order valence-electron chi connectivity index (χ1n) is 7.50. The van der Waals surface area contributed by atoms with Crippen LogP contribution in [0, 0.1) is 11.3 Å². The second-order valence-electron chi connectivity index (χ2n) is 6.53. The second-order valence-corrected chi connectivity index (χ2v) is 6.53. The third-order valence-electron chi connectivity index (χ3n) is 5.64. The maximum absolute atomic E-state index is 11.7. The third kappa shape index (κ3) is 2.20. The first-order chi connectivity index (χ1) is 9.52. The number of aliphatic carboxylic acids is 1. The van der Waals surface area contributed by atoms with E-state index in [9.17, 15) is 9.59 Å². The average Bonchev–Trinajstić information content (AvgIpc) is 3.03. The van der Waals surface area contributed by atoms with Crippen molar-refractivity contribution in [3.8, 4) is 0 Å². The minimum absolute atomic E-state index is 0.109. The number of hydrogen-bond acceptors (Lipinski definition) is 4. The number of carbonyl (C=O) groups excluding carboxylic acids is 1. The molecule has 3 rings (SSSR count). The number of carbonyl (C=O) groups is 2. The Kier molecular flexibility index (Phi) is 3.46. The zero-order valence-electron chi connectivity index (χ0n) is 11.9. The van der Waals surface area contributed by atoms with E-state index in [0.717, 1.165) is 39.0 Å². The molecule has 0 aromatic carbocycles. The van der Waals surface area contributed by atoms with E-state index in [1.807, 2.05) is 6.92 Å². The lowest BCUT2D eigenvalue weighted by Gasteiger charge is -2.42. The zero-order chi connectivity index (χ0) is 14.3. The quantitative estimate of drug-likeness (QED) is 0.644. The van der Waals surface area contributed by atoms with Crippen LogP contribution in [0.2, 0.25) is 0 Å². The molecule has 0 bridgehead atoms. The van der Waals surface area contributed by atoms with Gasteiger partial charge in [0.25, 0.3) is 0 Å². The Morgan fingerprint density at radius 3 is 2.60 bits per heavy atom. The first kappa shape index (κ1) is 13.8. The molecule has 3 saturated heterocycles. The van der Waals surface area contributed by atoms with Gasteiger partial charge in [0.2, 0.25) is 5.91 Å². The van der Waals surface area contributed by atoms with Crippen LogP contribution in [0.25, 0.3) is 0 Å². The number of carboxylic acid groups (broad SMARTS) is 1. The minimum Gasteiger partial charge on any atom is -0.480 e. The molecule has 1 amide bonds. The van der Waals surface area contributed by atoms with Gasteiger partial charge in [0.05, 0.1) is 0 Å². The summed E-state index contributed by atoms with van der Waals surface area (Å²) in [7, 11) is 0. The number of nitrogens with zero attached hydrogens (tertiary/aromatic N) is 1. The van der Waals surface area contributed by atoms with Crippen LogP contribution in [0.1, 0.15) is 26.2 Å². The van der Waals surface area contributed by atoms with E-state index in [-0.39, 0.29) is 17.2 Å². The molecule has 6 heteroatoms. The largest absolute Gasteiger partial charge is 0.480 e.